The lowest BCUT2D eigenvalue weighted by Crippen LogP contribution is -2.46. The molecule has 6 atom stereocenters. The summed E-state index contributed by atoms with van der Waals surface area (Å²) in [6, 6.07) is 0. The second-order valence-electron chi connectivity index (χ2n) is 9.31. The Balaban J connectivity index is 1.65. The van der Waals surface area contributed by atoms with Gasteiger partial charge in [-0.05, 0) is 67.6 Å². The highest BCUT2D eigenvalue weighted by Crippen LogP contribution is 2.65. The number of rotatable bonds is 3. The van der Waals surface area contributed by atoms with E-state index in [1.807, 2.05) is 0 Å². The average molecular weight is 344 g/mol. The zero-order valence-electron chi connectivity index (χ0n) is 15.7. The standard InChI is InChI=1S/C22H32O3/c1-3-13-11-19-18-6-4-14-10-15(24)5-7-16(14)17(18)8-9-22(19,2)21(13)20(25)12-23/h13,17-19,21,23H,3-12H2,1-2H3/t13?,17?,18?,19?,21?,22-/m0/s1. The zero-order valence-corrected chi connectivity index (χ0v) is 15.7. The van der Waals surface area contributed by atoms with Crippen LogP contribution in [0.2, 0.25) is 0 Å². The van der Waals surface area contributed by atoms with E-state index in [9.17, 15) is 14.7 Å². The van der Waals surface area contributed by atoms with Gasteiger partial charge in [-0.1, -0.05) is 31.4 Å². The van der Waals surface area contributed by atoms with E-state index >= 15 is 0 Å². The lowest BCUT2D eigenvalue weighted by molar-refractivity contribution is -0.132. The van der Waals surface area contributed by atoms with Gasteiger partial charge >= 0.3 is 0 Å². The predicted octanol–water partition coefficient (Wildman–Crippen LogP) is 4.09. The fourth-order valence-electron chi connectivity index (χ4n) is 7.36. The van der Waals surface area contributed by atoms with Crippen LogP contribution in [0.15, 0.2) is 11.1 Å². The Bertz CT molecular complexity index is 619. The highest BCUT2D eigenvalue weighted by molar-refractivity contribution is 5.84. The first-order chi connectivity index (χ1) is 12.0. The van der Waals surface area contributed by atoms with Crippen molar-refractivity contribution in [1.29, 1.82) is 0 Å². The summed E-state index contributed by atoms with van der Waals surface area (Å²) in [7, 11) is 0. The van der Waals surface area contributed by atoms with Crippen molar-refractivity contribution >= 4 is 11.6 Å². The van der Waals surface area contributed by atoms with E-state index < -0.39 is 0 Å². The molecular formula is C22H32O3. The van der Waals surface area contributed by atoms with Crippen molar-refractivity contribution in [2.24, 2.45) is 35.0 Å². The summed E-state index contributed by atoms with van der Waals surface area (Å²) in [5.41, 5.74) is 3.17. The van der Waals surface area contributed by atoms with E-state index in [-0.39, 0.29) is 23.7 Å². The van der Waals surface area contributed by atoms with Crippen molar-refractivity contribution in [3.8, 4) is 0 Å². The molecule has 0 heterocycles. The van der Waals surface area contributed by atoms with Crippen LogP contribution in [0.5, 0.6) is 0 Å². The molecular weight excluding hydrogens is 312 g/mol. The van der Waals surface area contributed by atoms with Gasteiger partial charge in [-0.2, -0.15) is 0 Å². The number of fused-ring (bicyclic) bond motifs is 4. The molecule has 3 heteroatoms. The van der Waals surface area contributed by atoms with Gasteiger partial charge in [0.1, 0.15) is 12.4 Å². The maximum absolute atomic E-state index is 12.6. The molecule has 0 radical (unpaired) electrons. The average Bonchev–Trinajstić information content (AvgIpc) is 2.93. The molecule has 0 bridgehead atoms. The molecule has 0 aliphatic heterocycles. The first-order valence-electron chi connectivity index (χ1n) is 10.4. The second kappa shape index (κ2) is 6.33. The maximum atomic E-state index is 12.6. The minimum Gasteiger partial charge on any atom is -0.389 e. The molecule has 4 aliphatic rings. The molecule has 5 unspecified atom stereocenters. The van der Waals surface area contributed by atoms with Gasteiger partial charge in [0, 0.05) is 18.8 Å². The van der Waals surface area contributed by atoms with E-state index in [0.717, 1.165) is 38.5 Å². The lowest BCUT2D eigenvalue weighted by Gasteiger charge is -2.52. The summed E-state index contributed by atoms with van der Waals surface area (Å²) in [6.07, 6.45) is 9.24. The third-order valence-corrected chi connectivity index (χ3v) is 8.41. The molecule has 0 aromatic rings. The van der Waals surface area contributed by atoms with E-state index in [1.165, 1.54) is 18.4 Å². The Morgan fingerprint density at radius 1 is 1.24 bits per heavy atom. The van der Waals surface area contributed by atoms with Crippen molar-refractivity contribution in [2.45, 2.75) is 71.6 Å². The number of allylic oxidation sites excluding steroid dienone is 2. The molecule has 1 N–H and O–H groups in total. The van der Waals surface area contributed by atoms with E-state index in [0.29, 0.717) is 35.9 Å². The van der Waals surface area contributed by atoms with E-state index in [1.54, 1.807) is 5.57 Å². The number of hydrogen-bond donors (Lipinski definition) is 1. The summed E-state index contributed by atoms with van der Waals surface area (Å²) in [6.45, 7) is 4.25. The van der Waals surface area contributed by atoms with Crippen LogP contribution in [0, 0.1) is 35.0 Å². The number of aliphatic hydroxyl groups excluding tert-OH is 1. The van der Waals surface area contributed by atoms with Crippen LogP contribution in [0.25, 0.3) is 0 Å². The number of carbonyl (C=O) groups is 2. The molecule has 0 saturated heterocycles. The third kappa shape index (κ3) is 2.57. The van der Waals surface area contributed by atoms with E-state index in [2.05, 4.69) is 13.8 Å². The van der Waals surface area contributed by atoms with Crippen LogP contribution in [0.1, 0.15) is 71.6 Å². The number of aliphatic hydroxyl groups is 1. The highest BCUT2D eigenvalue weighted by Gasteiger charge is 2.59. The minimum absolute atomic E-state index is 0.0526. The summed E-state index contributed by atoms with van der Waals surface area (Å²) < 4.78 is 0. The van der Waals surface area contributed by atoms with Crippen molar-refractivity contribution in [3.05, 3.63) is 11.1 Å². The van der Waals surface area contributed by atoms with Gasteiger partial charge in [-0.15, -0.1) is 0 Å². The van der Waals surface area contributed by atoms with Crippen LogP contribution in [0.3, 0.4) is 0 Å². The van der Waals surface area contributed by atoms with Gasteiger partial charge in [-0.25, -0.2) is 0 Å². The van der Waals surface area contributed by atoms with Crippen LogP contribution in [0.4, 0.5) is 0 Å². The predicted molar refractivity (Wildman–Crippen MR) is 96.9 cm³/mol. The van der Waals surface area contributed by atoms with Gasteiger partial charge in [0.05, 0.1) is 0 Å². The van der Waals surface area contributed by atoms with Crippen molar-refractivity contribution in [2.75, 3.05) is 6.61 Å². The molecule has 4 rings (SSSR count). The van der Waals surface area contributed by atoms with Crippen LogP contribution in [-0.2, 0) is 9.59 Å². The molecule has 25 heavy (non-hydrogen) atoms. The number of hydrogen-bond acceptors (Lipinski definition) is 3. The number of carbonyl (C=O) groups excluding carboxylic acids is 2. The minimum atomic E-state index is -0.297. The van der Waals surface area contributed by atoms with Gasteiger partial charge in [0.25, 0.3) is 0 Å². The molecule has 3 nitrogen and oxygen atoms in total. The van der Waals surface area contributed by atoms with Crippen LogP contribution >= 0.6 is 0 Å². The Morgan fingerprint density at radius 3 is 2.76 bits per heavy atom. The Kier molecular flexibility index (Phi) is 4.42. The Labute approximate surface area is 151 Å². The van der Waals surface area contributed by atoms with E-state index in [4.69, 9.17) is 0 Å². The normalized spacial score (nSPS) is 43.5. The van der Waals surface area contributed by atoms with Crippen LogP contribution in [-0.4, -0.2) is 23.3 Å². The lowest BCUT2D eigenvalue weighted by atomic mass is 9.53. The fraction of sp³-hybridized carbons (Fsp3) is 0.818. The SMILES string of the molecule is CCC1CC2C3CCC4=C(CCC(=O)C4)C3CC[C@]2(C)C1C(=O)CO. The van der Waals surface area contributed by atoms with Gasteiger partial charge < -0.3 is 5.11 Å². The first kappa shape index (κ1) is 17.5. The Morgan fingerprint density at radius 2 is 2.04 bits per heavy atom. The summed E-state index contributed by atoms with van der Waals surface area (Å²) in [4.78, 5) is 24.4. The molecule has 2 fully saturated rings. The smallest absolute Gasteiger partial charge is 0.162 e. The van der Waals surface area contributed by atoms with Gasteiger partial charge in [-0.3, -0.25) is 9.59 Å². The zero-order chi connectivity index (χ0) is 17.8. The first-order valence-corrected chi connectivity index (χ1v) is 10.4. The van der Waals surface area contributed by atoms with Gasteiger partial charge in [0.15, 0.2) is 5.78 Å². The van der Waals surface area contributed by atoms with Crippen LogP contribution < -0.4 is 0 Å². The molecule has 4 aliphatic carbocycles. The topological polar surface area (TPSA) is 54.4 Å². The number of ketones is 2. The quantitative estimate of drug-likeness (QED) is 0.785. The molecule has 0 aromatic heterocycles. The summed E-state index contributed by atoms with van der Waals surface area (Å²) >= 11 is 0. The summed E-state index contributed by atoms with van der Waals surface area (Å²) in [5, 5.41) is 9.54. The summed E-state index contributed by atoms with van der Waals surface area (Å²) in [5.74, 6) is 2.97. The highest BCUT2D eigenvalue weighted by atomic mass is 16.3. The van der Waals surface area contributed by atoms with Gasteiger partial charge in [0.2, 0.25) is 0 Å². The van der Waals surface area contributed by atoms with Crippen molar-refractivity contribution < 1.29 is 14.7 Å². The van der Waals surface area contributed by atoms with Crippen molar-refractivity contribution in [3.63, 3.8) is 0 Å². The Hall–Kier alpha value is -0.960. The molecule has 138 valence electrons. The molecule has 2 saturated carbocycles. The van der Waals surface area contributed by atoms with Crippen molar-refractivity contribution in [1.82, 2.24) is 0 Å². The largest absolute Gasteiger partial charge is 0.389 e. The second-order valence-corrected chi connectivity index (χ2v) is 9.31. The molecule has 0 amide bonds. The maximum Gasteiger partial charge on any atom is 0.162 e. The molecule has 0 spiro atoms. The fourth-order valence-corrected chi connectivity index (χ4v) is 7.36. The monoisotopic (exact) mass is 344 g/mol. The third-order valence-electron chi connectivity index (χ3n) is 8.41. The number of Topliss-reactive ketones (excluding diaryl/α,β-unsaturated/α-hetero) is 2. The molecule has 0 aromatic carbocycles.